The van der Waals surface area contributed by atoms with Crippen molar-refractivity contribution in [2.24, 2.45) is 5.92 Å². The van der Waals surface area contributed by atoms with Crippen LogP contribution < -0.4 is 10.6 Å². The molecule has 2 aromatic rings. The Kier molecular flexibility index (Phi) is 5.69. The fourth-order valence-electron chi connectivity index (χ4n) is 3.62. The molecule has 0 radical (unpaired) electrons. The van der Waals surface area contributed by atoms with Crippen molar-refractivity contribution in [2.45, 2.75) is 24.8 Å². The van der Waals surface area contributed by atoms with E-state index < -0.39 is 0 Å². The van der Waals surface area contributed by atoms with Crippen LogP contribution in [0, 0.1) is 11.7 Å². The van der Waals surface area contributed by atoms with Crippen LogP contribution in [0.1, 0.15) is 11.1 Å². The zero-order chi connectivity index (χ0) is 19.3. The molecule has 2 aliphatic rings. The van der Waals surface area contributed by atoms with E-state index in [0.717, 1.165) is 11.1 Å². The zero-order valence-electron chi connectivity index (χ0n) is 15.4. The quantitative estimate of drug-likeness (QED) is 0.835. The molecule has 146 valence electrons. The maximum atomic E-state index is 12.9. The van der Waals surface area contributed by atoms with Crippen molar-refractivity contribution in [3.8, 4) is 0 Å². The van der Waals surface area contributed by atoms with Gasteiger partial charge in [0.1, 0.15) is 11.9 Å². The number of hydrogen-bond acceptors (Lipinski definition) is 3. The summed E-state index contributed by atoms with van der Waals surface area (Å²) in [6.07, 6.45) is 4.00. The van der Waals surface area contributed by atoms with Gasteiger partial charge in [-0.2, -0.15) is 0 Å². The minimum atomic E-state index is -0.295. The van der Waals surface area contributed by atoms with Crippen LogP contribution in [0.15, 0.2) is 60.7 Å². The number of hydrogen-bond donors (Lipinski definition) is 2. The first-order chi connectivity index (χ1) is 13.7. The highest BCUT2D eigenvalue weighted by molar-refractivity contribution is 5.74. The van der Waals surface area contributed by atoms with Crippen LogP contribution in [0.25, 0.3) is 6.08 Å². The summed E-state index contributed by atoms with van der Waals surface area (Å²) in [4.78, 5) is 12.2. The van der Waals surface area contributed by atoms with Gasteiger partial charge in [0.05, 0.1) is 25.4 Å². The van der Waals surface area contributed by atoms with Crippen LogP contribution in [-0.4, -0.2) is 37.5 Å². The van der Waals surface area contributed by atoms with Gasteiger partial charge in [0.2, 0.25) is 0 Å². The first kappa shape index (κ1) is 18.7. The van der Waals surface area contributed by atoms with Gasteiger partial charge < -0.3 is 20.1 Å². The van der Waals surface area contributed by atoms with Crippen LogP contribution in [0.2, 0.25) is 0 Å². The maximum Gasteiger partial charge on any atom is 0.315 e. The number of carbonyl (C=O) groups is 1. The van der Waals surface area contributed by atoms with E-state index in [-0.39, 0.29) is 36.0 Å². The summed E-state index contributed by atoms with van der Waals surface area (Å²) in [6.45, 7) is 1.33. The van der Waals surface area contributed by atoms with Crippen molar-refractivity contribution in [1.29, 1.82) is 0 Å². The van der Waals surface area contributed by atoms with Crippen LogP contribution in [0.5, 0.6) is 0 Å². The molecular formula is C22H23FN2O3. The molecule has 28 heavy (non-hydrogen) atoms. The normalized spacial score (nSPS) is 26.3. The SMILES string of the molecule is O=C(NCc1ccc(F)cc1)N[C@H]1COC2C1OC[C@H]2/C=C\c1ccccc1. The second-order valence-corrected chi connectivity index (χ2v) is 7.09. The molecule has 2 N–H and O–H groups in total. The van der Waals surface area contributed by atoms with Crippen molar-refractivity contribution in [1.82, 2.24) is 10.6 Å². The Hall–Kier alpha value is -2.70. The van der Waals surface area contributed by atoms with Crippen LogP contribution >= 0.6 is 0 Å². The number of halogens is 1. The van der Waals surface area contributed by atoms with Gasteiger partial charge in [-0.1, -0.05) is 54.6 Å². The van der Waals surface area contributed by atoms with Crippen LogP contribution in [-0.2, 0) is 16.0 Å². The van der Waals surface area contributed by atoms with Crippen molar-refractivity contribution >= 4 is 12.1 Å². The Morgan fingerprint density at radius 2 is 1.79 bits per heavy atom. The molecule has 4 rings (SSSR count). The fraction of sp³-hybridized carbons (Fsp3) is 0.318. The van der Waals surface area contributed by atoms with Gasteiger partial charge in [0, 0.05) is 12.5 Å². The van der Waals surface area contributed by atoms with Crippen molar-refractivity contribution < 1.29 is 18.7 Å². The number of amides is 2. The zero-order valence-corrected chi connectivity index (χ0v) is 15.4. The molecule has 0 aliphatic carbocycles. The predicted octanol–water partition coefficient (Wildman–Crippen LogP) is 3.12. The number of urea groups is 1. The van der Waals surface area contributed by atoms with E-state index in [1.54, 1.807) is 12.1 Å². The molecule has 5 nitrogen and oxygen atoms in total. The second kappa shape index (κ2) is 8.54. The van der Waals surface area contributed by atoms with Gasteiger partial charge in [-0.3, -0.25) is 0 Å². The number of benzene rings is 2. The lowest BCUT2D eigenvalue weighted by atomic mass is 9.99. The third-order valence-corrected chi connectivity index (χ3v) is 5.11. The van der Waals surface area contributed by atoms with E-state index >= 15 is 0 Å². The number of nitrogens with one attached hydrogen (secondary N) is 2. The highest BCUT2D eigenvalue weighted by Crippen LogP contribution is 2.32. The van der Waals surface area contributed by atoms with E-state index in [1.165, 1.54) is 12.1 Å². The van der Waals surface area contributed by atoms with E-state index in [9.17, 15) is 9.18 Å². The number of rotatable bonds is 5. The fourth-order valence-corrected chi connectivity index (χ4v) is 3.62. The minimum Gasteiger partial charge on any atom is -0.373 e. The lowest BCUT2D eigenvalue weighted by Crippen LogP contribution is -2.48. The summed E-state index contributed by atoms with van der Waals surface area (Å²) in [7, 11) is 0. The van der Waals surface area contributed by atoms with Gasteiger partial charge in [-0.15, -0.1) is 0 Å². The first-order valence-electron chi connectivity index (χ1n) is 9.44. The largest absolute Gasteiger partial charge is 0.373 e. The molecule has 0 saturated carbocycles. The van der Waals surface area contributed by atoms with Crippen molar-refractivity contribution in [3.05, 3.63) is 77.6 Å². The molecule has 4 atom stereocenters. The predicted molar refractivity (Wildman–Crippen MR) is 104 cm³/mol. The topological polar surface area (TPSA) is 59.6 Å². The first-order valence-corrected chi connectivity index (χ1v) is 9.44. The Morgan fingerprint density at radius 1 is 1.04 bits per heavy atom. The Labute approximate surface area is 163 Å². The van der Waals surface area contributed by atoms with Gasteiger partial charge in [0.15, 0.2) is 0 Å². The average molecular weight is 382 g/mol. The molecule has 2 heterocycles. The van der Waals surface area contributed by atoms with E-state index in [4.69, 9.17) is 9.47 Å². The number of ether oxygens (including phenoxy) is 2. The molecule has 2 saturated heterocycles. The van der Waals surface area contributed by atoms with E-state index in [1.807, 2.05) is 18.2 Å². The summed E-state index contributed by atoms with van der Waals surface area (Å²) < 4.78 is 24.7. The van der Waals surface area contributed by atoms with Gasteiger partial charge in [-0.25, -0.2) is 9.18 Å². The lowest BCUT2D eigenvalue weighted by molar-refractivity contribution is 0.0661. The summed E-state index contributed by atoms with van der Waals surface area (Å²) >= 11 is 0. The molecule has 0 bridgehead atoms. The molecule has 2 fully saturated rings. The standard InChI is InChI=1S/C22H23FN2O3/c23-18-10-7-16(8-11-18)12-24-22(26)25-19-14-28-20-17(13-27-21(19)20)9-6-15-4-2-1-3-5-15/h1-11,17,19-21H,12-14H2,(H2,24,25,26)/b9-6-/t17-,19+,20?,21?/m1/s1. The Bertz CT molecular complexity index is 825. The summed E-state index contributed by atoms with van der Waals surface area (Å²) in [5.41, 5.74) is 1.97. The average Bonchev–Trinajstić information content (AvgIpc) is 3.30. The van der Waals surface area contributed by atoms with Gasteiger partial charge in [0.25, 0.3) is 0 Å². The monoisotopic (exact) mass is 382 g/mol. The lowest BCUT2D eigenvalue weighted by Gasteiger charge is -2.18. The molecule has 2 aliphatic heterocycles. The molecule has 2 amide bonds. The smallest absolute Gasteiger partial charge is 0.315 e. The van der Waals surface area contributed by atoms with Crippen LogP contribution in [0.3, 0.4) is 0 Å². The van der Waals surface area contributed by atoms with Gasteiger partial charge >= 0.3 is 6.03 Å². The highest BCUT2D eigenvalue weighted by Gasteiger charge is 2.47. The Morgan fingerprint density at radius 3 is 2.57 bits per heavy atom. The third-order valence-electron chi connectivity index (χ3n) is 5.11. The van der Waals surface area contributed by atoms with Crippen LogP contribution in [0.4, 0.5) is 9.18 Å². The molecule has 2 aromatic carbocycles. The number of carbonyl (C=O) groups excluding carboxylic acids is 1. The minimum absolute atomic E-state index is 0.0534. The van der Waals surface area contributed by atoms with Crippen molar-refractivity contribution in [2.75, 3.05) is 13.2 Å². The molecule has 6 heteroatoms. The molecule has 2 unspecified atom stereocenters. The molecular weight excluding hydrogens is 359 g/mol. The van der Waals surface area contributed by atoms with Gasteiger partial charge in [-0.05, 0) is 23.3 Å². The van der Waals surface area contributed by atoms with Crippen molar-refractivity contribution in [3.63, 3.8) is 0 Å². The third kappa shape index (κ3) is 4.40. The van der Waals surface area contributed by atoms with E-state index in [2.05, 4.69) is 34.9 Å². The highest BCUT2D eigenvalue weighted by atomic mass is 19.1. The van der Waals surface area contributed by atoms with E-state index in [0.29, 0.717) is 19.8 Å². The summed E-state index contributed by atoms with van der Waals surface area (Å²) in [5.74, 6) is -0.129. The maximum absolute atomic E-state index is 12.9. The summed E-state index contributed by atoms with van der Waals surface area (Å²) in [6, 6.07) is 15.7. The second-order valence-electron chi connectivity index (χ2n) is 7.09. The summed E-state index contributed by atoms with van der Waals surface area (Å²) in [5, 5.41) is 5.71. The molecule has 0 aromatic heterocycles. The number of fused-ring (bicyclic) bond motifs is 1. The Balaban J connectivity index is 1.27. The molecule has 0 spiro atoms.